The Morgan fingerprint density at radius 1 is 1.09 bits per heavy atom. The minimum absolute atomic E-state index is 0.339. The molecule has 0 spiro atoms. The highest BCUT2D eigenvalue weighted by Crippen LogP contribution is 2.39. The normalized spacial score (nSPS) is 41.4. The molecule has 0 amide bonds. The number of rotatable bonds is 4. The predicted molar refractivity (Wildman–Crippen MR) is 93.8 cm³/mol. The van der Waals surface area contributed by atoms with Crippen molar-refractivity contribution in [2.45, 2.75) is 48.1 Å². The van der Waals surface area contributed by atoms with Crippen LogP contribution in [0.4, 0.5) is 0 Å². The molecule has 1 saturated carbocycles. The lowest BCUT2D eigenvalue weighted by atomic mass is 9.69. The molecule has 6 nitrogen and oxygen atoms in total. The Labute approximate surface area is 150 Å². The average Bonchev–Trinajstić information content (AvgIpc) is 2.87. The van der Waals surface area contributed by atoms with Crippen molar-refractivity contribution in [2.24, 2.45) is 17.8 Å². The Hall–Kier alpha value is -0.410. The molecule has 3 fully saturated rings. The van der Waals surface area contributed by atoms with Gasteiger partial charge in [-0.2, -0.15) is 0 Å². The number of hydrogen-bond donors (Lipinski definition) is 3. The summed E-state index contributed by atoms with van der Waals surface area (Å²) in [7, 11) is 0. The monoisotopic (exact) mass is 436 g/mol. The summed E-state index contributed by atoms with van der Waals surface area (Å²) in [6.07, 6.45) is 4.77. The number of carbonyl (C=O) groups is 2. The number of likely N-dealkylation sites (tertiary alicyclic amines) is 1. The fraction of sp³-hybridized carbons (Fsp3) is 0.875. The van der Waals surface area contributed by atoms with Gasteiger partial charge in [-0.15, -0.1) is 0 Å². The van der Waals surface area contributed by atoms with Crippen LogP contribution >= 0.6 is 22.6 Å². The molecule has 0 aromatic rings. The molecule has 2 saturated heterocycles. The van der Waals surface area contributed by atoms with E-state index >= 15 is 0 Å². The number of halogens is 1. The van der Waals surface area contributed by atoms with E-state index < -0.39 is 18.0 Å². The molecule has 0 radical (unpaired) electrons. The summed E-state index contributed by atoms with van der Waals surface area (Å²) < 4.78 is 0.417. The topological polar surface area (TPSA) is 89.9 Å². The van der Waals surface area contributed by atoms with Gasteiger partial charge in [0.2, 0.25) is 0 Å². The third kappa shape index (κ3) is 3.99. The lowest BCUT2D eigenvalue weighted by Crippen LogP contribution is -2.50. The van der Waals surface area contributed by atoms with Crippen molar-refractivity contribution in [3.8, 4) is 0 Å². The first-order valence-corrected chi connectivity index (χ1v) is 9.75. The molecule has 3 aliphatic rings. The molecule has 130 valence electrons. The highest BCUT2D eigenvalue weighted by atomic mass is 127. The molecule has 3 rings (SSSR count). The van der Waals surface area contributed by atoms with Gasteiger partial charge < -0.3 is 15.5 Å². The number of carboxylic acids is 2. The van der Waals surface area contributed by atoms with Gasteiger partial charge in [0.05, 0.1) is 0 Å². The van der Waals surface area contributed by atoms with Gasteiger partial charge >= 0.3 is 11.9 Å². The quantitative estimate of drug-likeness (QED) is 0.457. The summed E-state index contributed by atoms with van der Waals surface area (Å²) in [5.74, 6) is 0.118. The summed E-state index contributed by atoms with van der Waals surface area (Å²) >= 11 is 2.35. The minimum Gasteiger partial charge on any atom is -0.480 e. The van der Waals surface area contributed by atoms with E-state index in [2.05, 4.69) is 32.8 Å². The zero-order valence-electron chi connectivity index (χ0n) is 13.2. The zero-order valence-corrected chi connectivity index (χ0v) is 15.3. The van der Waals surface area contributed by atoms with Gasteiger partial charge in [-0.05, 0) is 56.4 Å². The molecule has 0 unspecified atom stereocenters. The third-order valence-electron chi connectivity index (χ3n) is 5.84. The highest BCUT2D eigenvalue weighted by Gasteiger charge is 2.41. The molecule has 0 bridgehead atoms. The molecule has 2 aliphatic heterocycles. The van der Waals surface area contributed by atoms with Crippen LogP contribution in [0.1, 0.15) is 32.1 Å². The van der Waals surface area contributed by atoms with E-state index in [4.69, 9.17) is 0 Å². The van der Waals surface area contributed by atoms with Crippen molar-refractivity contribution < 1.29 is 19.8 Å². The Morgan fingerprint density at radius 3 is 2.57 bits per heavy atom. The zero-order chi connectivity index (χ0) is 16.6. The lowest BCUT2D eigenvalue weighted by molar-refractivity contribution is -0.143. The molecule has 0 aromatic carbocycles. The summed E-state index contributed by atoms with van der Waals surface area (Å²) in [4.78, 5) is 24.8. The van der Waals surface area contributed by atoms with Crippen molar-refractivity contribution in [3.05, 3.63) is 0 Å². The molecule has 7 heteroatoms. The van der Waals surface area contributed by atoms with E-state index in [0.29, 0.717) is 28.1 Å². The molecule has 1 aliphatic carbocycles. The summed E-state index contributed by atoms with van der Waals surface area (Å²) in [6, 6.07) is -0.748. The first kappa shape index (κ1) is 17.4. The van der Waals surface area contributed by atoms with Gasteiger partial charge in [0.15, 0.2) is 0 Å². The second-order valence-electron chi connectivity index (χ2n) is 7.37. The van der Waals surface area contributed by atoms with E-state index in [0.717, 1.165) is 45.3 Å². The van der Waals surface area contributed by atoms with Gasteiger partial charge in [-0.3, -0.25) is 14.5 Å². The van der Waals surface area contributed by atoms with Crippen LogP contribution in [-0.4, -0.2) is 62.7 Å². The van der Waals surface area contributed by atoms with E-state index in [9.17, 15) is 19.8 Å². The van der Waals surface area contributed by atoms with Crippen molar-refractivity contribution >= 4 is 34.5 Å². The Bertz CT molecular complexity index is 475. The smallest absolute Gasteiger partial charge is 0.320 e. The second-order valence-corrected chi connectivity index (χ2v) is 9.14. The number of fused-ring (bicyclic) bond motifs is 1. The first-order valence-electron chi connectivity index (χ1n) is 8.51. The lowest BCUT2D eigenvalue weighted by Gasteiger charge is -2.42. The van der Waals surface area contributed by atoms with E-state index in [1.165, 1.54) is 0 Å². The maximum atomic E-state index is 11.4. The minimum atomic E-state index is -0.746. The van der Waals surface area contributed by atoms with Crippen LogP contribution in [0.15, 0.2) is 0 Å². The van der Waals surface area contributed by atoms with E-state index in [1.807, 2.05) is 0 Å². The fourth-order valence-corrected chi connectivity index (χ4v) is 5.64. The van der Waals surface area contributed by atoms with Crippen LogP contribution in [0.2, 0.25) is 0 Å². The Morgan fingerprint density at radius 2 is 1.87 bits per heavy atom. The van der Waals surface area contributed by atoms with Gasteiger partial charge in [0.1, 0.15) is 12.1 Å². The number of carboxylic acid groups (broad SMARTS) is 2. The SMILES string of the molecule is O=C(O)[C@@H]1C[C@H]2C[C@@H](CN3C[C@@H](I)C[C@H]3C(=O)O)CC[C@H]2CN1. The number of nitrogens with zero attached hydrogens (tertiary/aromatic N) is 1. The average molecular weight is 436 g/mol. The number of alkyl halides is 1. The molecule has 3 N–H and O–H groups in total. The van der Waals surface area contributed by atoms with Crippen molar-refractivity contribution in [1.29, 1.82) is 0 Å². The maximum absolute atomic E-state index is 11.4. The van der Waals surface area contributed by atoms with Crippen LogP contribution in [0.3, 0.4) is 0 Å². The Kier molecular flexibility index (Phi) is 5.47. The largest absolute Gasteiger partial charge is 0.480 e. The van der Waals surface area contributed by atoms with Crippen LogP contribution in [-0.2, 0) is 9.59 Å². The van der Waals surface area contributed by atoms with Crippen molar-refractivity contribution in [1.82, 2.24) is 10.2 Å². The number of aliphatic carboxylic acids is 2. The molecular weight excluding hydrogens is 411 g/mol. The molecule has 2 heterocycles. The van der Waals surface area contributed by atoms with E-state index in [-0.39, 0.29) is 6.04 Å². The number of piperidine rings is 1. The molecular formula is C16H25IN2O4. The third-order valence-corrected chi connectivity index (χ3v) is 6.74. The number of hydrogen-bond acceptors (Lipinski definition) is 4. The van der Waals surface area contributed by atoms with Crippen molar-refractivity contribution in [2.75, 3.05) is 19.6 Å². The van der Waals surface area contributed by atoms with Crippen LogP contribution in [0.5, 0.6) is 0 Å². The summed E-state index contributed by atoms with van der Waals surface area (Å²) in [5.41, 5.74) is 0. The molecule has 23 heavy (non-hydrogen) atoms. The predicted octanol–water partition coefficient (Wildman–Crippen LogP) is 1.43. The van der Waals surface area contributed by atoms with E-state index in [1.54, 1.807) is 0 Å². The molecule has 6 atom stereocenters. The van der Waals surface area contributed by atoms with Crippen LogP contribution in [0.25, 0.3) is 0 Å². The van der Waals surface area contributed by atoms with Crippen molar-refractivity contribution in [3.63, 3.8) is 0 Å². The van der Waals surface area contributed by atoms with Crippen LogP contribution < -0.4 is 5.32 Å². The fourth-order valence-electron chi connectivity index (χ4n) is 4.65. The standard InChI is InChI=1S/C16H25IN2O4/c17-12-5-14(16(22)23)19(8-12)7-9-1-2-10-6-18-13(15(20)21)4-11(10)3-9/h9-14,18H,1-8H2,(H,20,21)(H,22,23)/t9-,10-,11+,12-,13-,14-/m0/s1. The van der Waals surface area contributed by atoms with Crippen LogP contribution in [0, 0.1) is 17.8 Å². The van der Waals surface area contributed by atoms with Gasteiger partial charge in [-0.1, -0.05) is 22.6 Å². The Balaban J connectivity index is 1.57. The van der Waals surface area contributed by atoms with Gasteiger partial charge in [0.25, 0.3) is 0 Å². The first-order chi connectivity index (χ1) is 10.9. The summed E-state index contributed by atoms with van der Waals surface area (Å²) in [5, 5.41) is 21.8. The maximum Gasteiger partial charge on any atom is 0.320 e. The highest BCUT2D eigenvalue weighted by molar-refractivity contribution is 14.1. The number of nitrogens with one attached hydrogen (secondary N) is 1. The van der Waals surface area contributed by atoms with Gasteiger partial charge in [0, 0.05) is 17.0 Å². The molecule has 0 aromatic heterocycles. The van der Waals surface area contributed by atoms with Gasteiger partial charge in [-0.25, -0.2) is 0 Å². The summed E-state index contributed by atoms with van der Waals surface area (Å²) in [6.45, 7) is 2.53. The second kappa shape index (κ2) is 7.23.